The number of nitrogens with one attached hydrogen (secondary N) is 2. The topological polar surface area (TPSA) is 134 Å². The Hall–Kier alpha value is -3.21. The van der Waals surface area contributed by atoms with Gasteiger partial charge < -0.3 is 29.8 Å². The van der Waals surface area contributed by atoms with E-state index in [-0.39, 0.29) is 29.2 Å². The SMILES string of the molecule is CN(C)CCC(=O)Nc1cn(C)c(C(=O)Nc2cn(C)c(C(=O)O)n2)n1. The molecule has 2 heterocycles. The summed E-state index contributed by atoms with van der Waals surface area (Å²) in [4.78, 5) is 45.0. The maximum Gasteiger partial charge on any atom is 0.372 e. The number of carbonyl (C=O) groups excluding carboxylic acids is 2. The van der Waals surface area contributed by atoms with Crippen LogP contribution in [0.2, 0.25) is 0 Å². The lowest BCUT2D eigenvalue weighted by Crippen LogP contribution is -2.21. The second-order valence-electron chi connectivity index (χ2n) is 5.98. The van der Waals surface area contributed by atoms with Crippen molar-refractivity contribution in [2.45, 2.75) is 6.42 Å². The van der Waals surface area contributed by atoms with Gasteiger partial charge in [0.05, 0.1) is 0 Å². The number of rotatable bonds is 7. The van der Waals surface area contributed by atoms with Gasteiger partial charge in [-0.1, -0.05) is 0 Å². The van der Waals surface area contributed by atoms with Gasteiger partial charge in [0.1, 0.15) is 0 Å². The molecule has 0 aromatic carbocycles. The molecule has 0 radical (unpaired) electrons. The minimum absolute atomic E-state index is 0.0513. The molecule has 3 N–H and O–H groups in total. The number of aromatic carboxylic acids is 1. The van der Waals surface area contributed by atoms with Gasteiger partial charge in [-0.05, 0) is 14.1 Å². The average molecular weight is 363 g/mol. The van der Waals surface area contributed by atoms with Gasteiger partial charge in [0.15, 0.2) is 11.6 Å². The highest BCUT2D eigenvalue weighted by Gasteiger charge is 2.18. The number of hydrogen-bond acceptors (Lipinski definition) is 6. The number of anilines is 2. The van der Waals surface area contributed by atoms with Gasteiger partial charge in [-0.15, -0.1) is 0 Å². The Morgan fingerprint density at radius 2 is 1.58 bits per heavy atom. The Balaban J connectivity index is 2.05. The van der Waals surface area contributed by atoms with E-state index < -0.39 is 11.9 Å². The van der Waals surface area contributed by atoms with E-state index in [0.29, 0.717) is 13.0 Å². The fraction of sp³-hybridized carbons (Fsp3) is 0.400. The highest BCUT2D eigenvalue weighted by atomic mass is 16.4. The Kier molecular flexibility index (Phi) is 5.72. The zero-order chi connectivity index (χ0) is 19.4. The quantitative estimate of drug-likeness (QED) is 0.630. The molecule has 140 valence electrons. The van der Waals surface area contributed by atoms with E-state index >= 15 is 0 Å². The predicted octanol–water partition coefficient (Wildman–Crippen LogP) is -0.00570. The van der Waals surface area contributed by atoms with Crippen molar-refractivity contribution in [2.75, 3.05) is 31.3 Å². The number of aryl methyl sites for hydroxylation is 2. The van der Waals surface area contributed by atoms with Crippen LogP contribution in [0.15, 0.2) is 12.4 Å². The Morgan fingerprint density at radius 3 is 2.12 bits per heavy atom. The minimum atomic E-state index is -1.20. The summed E-state index contributed by atoms with van der Waals surface area (Å²) in [6.45, 7) is 0.595. The van der Waals surface area contributed by atoms with Crippen molar-refractivity contribution in [3.05, 3.63) is 24.0 Å². The third-order valence-electron chi connectivity index (χ3n) is 3.44. The van der Waals surface area contributed by atoms with Gasteiger partial charge in [-0.2, -0.15) is 0 Å². The Morgan fingerprint density at radius 1 is 1.04 bits per heavy atom. The van der Waals surface area contributed by atoms with E-state index in [4.69, 9.17) is 5.11 Å². The summed E-state index contributed by atoms with van der Waals surface area (Å²) in [5.74, 6) is -1.78. The third kappa shape index (κ3) is 4.66. The lowest BCUT2D eigenvalue weighted by Gasteiger charge is -2.08. The van der Waals surface area contributed by atoms with Crippen molar-refractivity contribution in [3.63, 3.8) is 0 Å². The van der Waals surface area contributed by atoms with Crippen LogP contribution in [0.1, 0.15) is 27.7 Å². The Labute approximate surface area is 149 Å². The molecule has 2 amide bonds. The second-order valence-corrected chi connectivity index (χ2v) is 5.98. The lowest BCUT2D eigenvalue weighted by atomic mass is 10.4. The molecule has 2 aromatic rings. The van der Waals surface area contributed by atoms with Crippen molar-refractivity contribution in [1.82, 2.24) is 24.0 Å². The van der Waals surface area contributed by atoms with Crippen molar-refractivity contribution < 1.29 is 19.5 Å². The van der Waals surface area contributed by atoms with Crippen LogP contribution in [0.5, 0.6) is 0 Å². The highest BCUT2D eigenvalue weighted by Crippen LogP contribution is 2.12. The van der Waals surface area contributed by atoms with Crippen LogP contribution in [0.4, 0.5) is 11.6 Å². The van der Waals surface area contributed by atoms with E-state index in [1.807, 2.05) is 19.0 Å². The molecule has 0 bridgehead atoms. The van der Waals surface area contributed by atoms with Gasteiger partial charge >= 0.3 is 5.97 Å². The molecule has 26 heavy (non-hydrogen) atoms. The molecule has 0 spiro atoms. The highest BCUT2D eigenvalue weighted by molar-refractivity contribution is 6.02. The largest absolute Gasteiger partial charge is 0.475 e. The molecule has 11 heteroatoms. The molecular formula is C15H21N7O4. The van der Waals surface area contributed by atoms with E-state index in [1.54, 1.807) is 7.05 Å². The summed E-state index contributed by atoms with van der Waals surface area (Å²) in [6, 6.07) is 0. The van der Waals surface area contributed by atoms with Crippen molar-refractivity contribution in [3.8, 4) is 0 Å². The van der Waals surface area contributed by atoms with Gasteiger partial charge in [-0.3, -0.25) is 9.59 Å². The first-order chi connectivity index (χ1) is 12.2. The van der Waals surface area contributed by atoms with Crippen molar-refractivity contribution >= 4 is 29.4 Å². The summed E-state index contributed by atoms with van der Waals surface area (Å²) in [7, 11) is 6.85. The maximum absolute atomic E-state index is 12.3. The van der Waals surface area contributed by atoms with Crippen molar-refractivity contribution in [2.24, 2.45) is 14.1 Å². The predicted molar refractivity (Wildman–Crippen MR) is 93.1 cm³/mol. The maximum atomic E-state index is 12.3. The lowest BCUT2D eigenvalue weighted by molar-refractivity contribution is -0.116. The second kappa shape index (κ2) is 7.78. The van der Waals surface area contributed by atoms with Crippen LogP contribution in [0.25, 0.3) is 0 Å². The first kappa shape index (κ1) is 19.1. The van der Waals surface area contributed by atoms with Gasteiger partial charge in [-0.25, -0.2) is 14.8 Å². The van der Waals surface area contributed by atoms with Crippen LogP contribution in [0.3, 0.4) is 0 Å². The number of amides is 2. The molecule has 0 aliphatic heterocycles. The van der Waals surface area contributed by atoms with Crippen LogP contribution >= 0.6 is 0 Å². The van der Waals surface area contributed by atoms with Gasteiger partial charge in [0, 0.05) is 39.5 Å². The fourth-order valence-electron chi connectivity index (χ4n) is 2.17. The van der Waals surface area contributed by atoms with Crippen LogP contribution < -0.4 is 10.6 Å². The molecule has 0 unspecified atom stereocenters. The smallest absolute Gasteiger partial charge is 0.372 e. The summed E-state index contributed by atoms with van der Waals surface area (Å²) < 4.78 is 2.74. The fourth-order valence-corrected chi connectivity index (χ4v) is 2.17. The number of carboxylic acids is 1. The Bertz CT molecular complexity index is 837. The molecule has 0 aliphatic carbocycles. The first-order valence-corrected chi connectivity index (χ1v) is 7.73. The van der Waals surface area contributed by atoms with Gasteiger partial charge in [0.2, 0.25) is 17.6 Å². The molecule has 0 aliphatic rings. The van der Waals surface area contributed by atoms with E-state index in [2.05, 4.69) is 20.6 Å². The summed E-state index contributed by atoms with van der Waals surface area (Å²) in [5.41, 5.74) is 0. The number of aromatic nitrogens is 4. The number of nitrogens with zero attached hydrogens (tertiary/aromatic N) is 5. The minimum Gasteiger partial charge on any atom is -0.475 e. The zero-order valence-electron chi connectivity index (χ0n) is 15.0. The van der Waals surface area contributed by atoms with Crippen LogP contribution in [-0.2, 0) is 18.9 Å². The van der Waals surface area contributed by atoms with E-state index in [9.17, 15) is 14.4 Å². The molecule has 0 atom stereocenters. The number of imidazole rings is 2. The number of carbonyl (C=O) groups is 3. The van der Waals surface area contributed by atoms with Crippen LogP contribution in [-0.4, -0.2) is 67.5 Å². The van der Waals surface area contributed by atoms with E-state index in [0.717, 1.165) is 0 Å². The molecule has 0 saturated carbocycles. The molecule has 0 saturated heterocycles. The summed E-state index contributed by atoms with van der Waals surface area (Å²) >= 11 is 0. The van der Waals surface area contributed by atoms with E-state index in [1.165, 1.54) is 28.6 Å². The zero-order valence-corrected chi connectivity index (χ0v) is 15.0. The molecule has 2 aromatic heterocycles. The van der Waals surface area contributed by atoms with Gasteiger partial charge in [0.25, 0.3) is 5.91 Å². The van der Waals surface area contributed by atoms with Crippen molar-refractivity contribution in [1.29, 1.82) is 0 Å². The molecular weight excluding hydrogens is 342 g/mol. The number of carboxylic acid groups (broad SMARTS) is 1. The molecule has 11 nitrogen and oxygen atoms in total. The molecule has 2 rings (SSSR count). The van der Waals surface area contributed by atoms with Crippen LogP contribution in [0, 0.1) is 0 Å². The molecule has 0 fully saturated rings. The summed E-state index contributed by atoms with van der Waals surface area (Å²) in [6.07, 6.45) is 3.20. The average Bonchev–Trinajstić information content (AvgIpc) is 3.07. The monoisotopic (exact) mass is 363 g/mol. The first-order valence-electron chi connectivity index (χ1n) is 7.73. The third-order valence-corrected chi connectivity index (χ3v) is 3.44. The summed E-state index contributed by atoms with van der Waals surface area (Å²) in [5, 5.41) is 14.1. The number of hydrogen-bond donors (Lipinski definition) is 3. The normalized spacial score (nSPS) is 10.8. The standard InChI is InChI=1S/C15H21N7O4/c1-20(2)6-5-11(23)16-9-7-21(3)12(17-9)14(24)19-10-8-22(4)13(18-10)15(25)26/h7-8H,5-6H2,1-4H3,(H,16,23)(H,19,24)(H,25,26).